The third kappa shape index (κ3) is 4.40. The summed E-state index contributed by atoms with van der Waals surface area (Å²) < 4.78 is 0. The Bertz CT molecular complexity index is 750. The second-order valence-electron chi connectivity index (χ2n) is 8.44. The highest BCUT2D eigenvalue weighted by Gasteiger charge is 2.22. The number of aromatic carboxylic acids is 1. The minimum Gasteiger partial charge on any atom is -0.478 e. The second kappa shape index (κ2) is 6.52. The van der Waals surface area contributed by atoms with Crippen LogP contribution in [0.4, 0.5) is 11.4 Å². The van der Waals surface area contributed by atoms with Crippen molar-refractivity contribution >= 4 is 17.3 Å². The van der Waals surface area contributed by atoms with E-state index in [-0.39, 0.29) is 16.4 Å². The summed E-state index contributed by atoms with van der Waals surface area (Å²) in [6, 6.07) is 12.3. The van der Waals surface area contributed by atoms with Crippen molar-refractivity contribution in [1.29, 1.82) is 0 Å². The molecule has 2 rings (SSSR count). The van der Waals surface area contributed by atoms with E-state index in [1.165, 1.54) is 12.1 Å². The van der Waals surface area contributed by atoms with Crippen LogP contribution in [0.5, 0.6) is 0 Å². The fourth-order valence-corrected chi connectivity index (χ4v) is 2.52. The van der Waals surface area contributed by atoms with Gasteiger partial charge in [-0.05, 0) is 52.3 Å². The lowest BCUT2D eigenvalue weighted by Gasteiger charge is -2.28. The van der Waals surface area contributed by atoms with Gasteiger partial charge in [-0.2, -0.15) is 0 Å². The van der Waals surface area contributed by atoms with Gasteiger partial charge < -0.3 is 5.11 Å². The fourth-order valence-electron chi connectivity index (χ4n) is 2.52. The van der Waals surface area contributed by atoms with E-state index in [0.29, 0.717) is 11.4 Å². The van der Waals surface area contributed by atoms with Crippen LogP contribution in [0.25, 0.3) is 0 Å². The molecule has 2 aromatic carbocycles. The molecule has 0 saturated carbocycles. The maximum atomic E-state index is 11.2. The van der Waals surface area contributed by atoms with Crippen molar-refractivity contribution in [3.63, 3.8) is 0 Å². The Kier molecular flexibility index (Phi) is 4.96. The minimum absolute atomic E-state index is 0.0697. The summed E-state index contributed by atoms with van der Waals surface area (Å²) in [5.41, 5.74) is 3.27. The first-order valence-electron chi connectivity index (χ1n) is 8.38. The van der Waals surface area contributed by atoms with Gasteiger partial charge in [0, 0.05) is 0 Å². The van der Waals surface area contributed by atoms with Crippen LogP contribution in [0.15, 0.2) is 42.5 Å². The summed E-state index contributed by atoms with van der Waals surface area (Å²) >= 11 is 0. The lowest BCUT2D eigenvalue weighted by molar-refractivity contribution is 0.0697. The summed E-state index contributed by atoms with van der Waals surface area (Å²) in [5, 5.41) is 20.9. The largest absolute Gasteiger partial charge is 0.478 e. The van der Waals surface area contributed by atoms with E-state index in [1.807, 2.05) is 12.1 Å². The number of carboxylic acids is 1. The predicted octanol–water partition coefficient (Wildman–Crippen LogP) is 5.51. The summed E-state index contributed by atoms with van der Waals surface area (Å²) in [7, 11) is 0. The highest BCUT2D eigenvalue weighted by Crippen LogP contribution is 2.35. The molecule has 0 aliphatic rings. The topological polar surface area (TPSA) is 60.8 Å². The van der Waals surface area contributed by atoms with Crippen LogP contribution in [0.1, 0.15) is 63.0 Å². The molecule has 0 heterocycles. The van der Waals surface area contributed by atoms with Crippen molar-refractivity contribution in [2.45, 2.75) is 52.4 Å². The van der Waals surface area contributed by atoms with Gasteiger partial charge in [-0.25, -0.2) is 9.86 Å². The van der Waals surface area contributed by atoms with Crippen LogP contribution >= 0.6 is 0 Å². The van der Waals surface area contributed by atoms with Gasteiger partial charge in [0.05, 0.1) is 16.9 Å². The molecule has 0 fully saturated rings. The van der Waals surface area contributed by atoms with Crippen molar-refractivity contribution in [2.24, 2.45) is 0 Å². The Hall–Kier alpha value is -2.33. The summed E-state index contributed by atoms with van der Waals surface area (Å²) in [5.74, 6) is -1.02. The first kappa shape index (κ1) is 19.0. The molecule has 2 N–H and O–H groups in total. The van der Waals surface area contributed by atoms with Gasteiger partial charge in [-0.15, -0.1) is 0 Å². The molecule has 2 aromatic rings. The molecule has 0 unspecified atom stereocenters. The van der Waals surface area contributed by atoms with Crippen molar-refractivity contribution in [2.75, 3.05) is 5.06 Å². The van der Waals surface area contributed by atoms with Gasteiger partial charge in [0.25, 0.3) is 0 Å². The SMILES string of the molecule is CC(C)(C)c1cc(N(O)c2cccc(C(=O)O)c2)cc(C(C)(C)C)c1. The number of carbonyl (C=O) groups is 1. The molecule has 4 heteroatoms. The normalized spacial score (nSPS) is 12.1. The van der Waals surface area contributed by atoms with Crippen LogP contribution < -0.4 is 5.06 Å². The summed E-state index contributed by atoms with van der Waals surface area (Å²) in [6.45, 7) is 12.8. The molecule has 0 bridgehead atoms. The average Bonchev–Trinajstić information content (AvgIpc) is 2.52. The number of benzene rings is 2. The van der Waals surface area contributed by atoms with Crippen molar-refractivity contribution < 1.29 is 15.1 Å². The van der Waals surface area contributed by atoms with Crippen molar-refractivity contribution in [3.8, 4) is 0 Å². The molecule has 0 atom stereocenters. The second-order valence-corrected chi connectivity index (χ2v) is 8.44. The minimum atomic E-state index is -1.02. The number of carboxylic acid groups (broad SMARTS) is 1. The van der Waals surface area contributed by atoms with Gasteiger partial charge in [-0.3, -0.25) is 5.21 Å². The van der Waals surface area contributed by atoms with E-state index >= 15 is 0 Å². The van der Waals surface area contributed by atoms with Gasteiger partial charge in [0.15, 0.2) is 0 Å². The number of hydrogen-bond donors (Lipinski definition) is 2. The average molecular weight is 341 g/mol. The van der Waals surface area contributed by atoms with Crippen LogP contribution in [-0.4, -0.2) is 16.3 Å². The highest BCUT2D eigenvalue weighted by atomic mass is 16.5. The van der Waals surface area contributed by atoms with E-state index in [9.17, 15) is 10.0 Å². The van der Waals surface area contributed by atoms with Gasteiger partial charge >= 0.3 is 5.97 Å². The maximum absolute atomic E-state index is 11.2. The molecule has 0 amide bonds. The lowest BCUT2D eigenvalue weighted by Crippen LogP contribution is -2.19. The van der Waals surface area contributed by atoms with Crippen molar-refractivity contribution in [1.82, 2.24) is 0 Å². The molecule has 0 saturated heterocycles. The molecule has 0 radical (unpaired) electrons. The molecule has 0 spiro atoms. The van der Waals surface area contributed by atoms with E-state index < -0.39 is 5.97 Å². The van der Waals surface area contributed by atoms with Crippen molar-refractivity contribution in [3.05, 3.63) is 59.2 Å². The van der Waals surface area contributed by atoms with Crippen LogP contribution in [-0.2, 0) is 10.8 Å². The number of anilines is 2. The van der Waals surface area contributed by atoms with E-state index in [2.05, 4.69) is 47.6 Å². The first-order valence-corrected chi connectivity index (χ1v) is 8.38. The molecular formula is C21H27NO3. The highest BCUT2D eigenvalue weighted by molar-refractivity contribution is 5.89. The molecule has 0 aromatic heterocycles. The Balaban J connectivity index is 2.57. The molecule has 134 valence electrons. The number of rotatable bonds is 3. The fraction of sp³-hybridized carbons (Fsp3) is 0.381. The zero-order chi connectivity index (χ0) is 19.0. The Morgan fingerprint density at radius 2 is 1.36 bits per heavy atom. The van der Waals surface area contributed by atoms with Crippen LogP contribution in [0, 0.1) is 0 Å². The zero-order valence-electron chi connectivity index (χ0n) is 15.8. The Morgan fingerprint density at radius 3 is 1.80 bits per heavy atom. The molecule has 25 heavy (non-hydrogen) atoms. The maximum Gasteiger partial charge on any atom is 0.335 e. The summed E-state index contributed by atoms with van der Waals surface area (Å²) in [6.07, 6.45) is 0. The zero-order valence-corrected chi connectivity index (χ0v) is 15.8. The van der Waals surface area contributed by atoms with Gasteiger partial charge in [0.1, 0.15) is 0 Å². The third-order valence-electron chi connectivity index (χ3n) is 4.23. The number of hydrogen-bond acceptors (Lipinski definition) is 3. The predicted molar refractivity (Wildman–Crippen MR) is 101 cm³/mol. The Morgan fingerprint density at radius 1 is 0.840 bits per heavy atom. The lowest BCUT2D eigenvalue weighted by atomic mass is 9.80. The molecular weight excluding hydrogens is 314 g/mol. The van der Waals surface area contributed by atoms with E-state index in [4.69, 9.17) is 5.11 Å². The smallest absolute Gasteiger partial charge is 0.335 e. The van der Waals surface area contributed by atoms with Crippen LogP contribution in [0.2, 0.25) is 0 Å². The molecule has 0 aliphatic heterocycles. The monoisotopic (exact) mass is 341 g/mol. The molecule has 0 aliphatic carbocycles. The first-order chi connectivity index (χ1) is 11.4. The number of nitrogens with zero attached hydrogens (tertiary/aromatic N) is 1. The van der Waals surface area contributed by atoms with Gasteiger partial charge in [0.2, 0.25) is 0 Å². The summed E-state index contributed by atoms with van der Waals surface area (Å²) in [4.78, 5) is 11.2. The van der Waals surface area contributed by atoms with E-state index in [0.717, 1.165) is 16.2 Å². The third-order valence-corrected chi connectivity index (χ3v) is 4.23. The standard InChI is InChI=1S/C21H27NO3/c1-20(2,3)15-11-16(21(4,5)6)13-18(12-15)22(25)17-9-7-8-14(10-17)19(23)24/h7-13,25H,1-6H3,(H,23,24). The van der Waals surface area contributed by atoms with E-state index in [1.54, 1.807) is 12.1 Å². The molecule has 4 nitrogen and oxygen atoms in total. The quantitative estimate of drug-likeness (QED) is 0.723. The Labute approximate surface area is 149 Å². The van der Waals surface area contributed by atoms with Crippen LogP contribution in [0.3, 0.4) is 0 Å². The van der Waals surface area contributed by atoms with Gasteiger partial charge in [-0.1, -0.05) is 53.7 Å².